The van der Waals surface area contributed by atoms with Gasteiger partial charge in [-0.3, -0.25) is 0 Å². The van der Waals surface area contributed by atoms with Gasteiger partial charge in [-0.25, -0.2) is 0 Å². The summed E-state index contributed by atoms with van der Waals surface area (Å²) in [7, 11) is 0. The van der Waals surface area contributed by atoms with Crippen molar-refractivity contribution in [3.63, 3.8) is 0 Å². The van der Waals surface area contributed by atoms with E-state index in [0.717, 1.165) is 18.2 Å². The van der Waals surface area contributed by atoms with Crippen molar-refractivity contribution in [1.82, 2.24) is 0 Å². The molecule has 0 spiro atoms. The van der Waals surface area contributed by atoms with Crippen molar-refractivity contribution in [1.29, 1.82) is 0 Å². The zero-order valence-corrected chi connectivity index (χ0v) is 11.4. The molecule has 0 amide bonds. The molecule has 19 heavy (non-hydrogen) atoms. The zero-order valence-electron chi connectivity index (χ0n) is 9.54. The minimum atomic E-state index is -5.23. The summed E-state index contributed by atoms with van der Waals surface area (Å²) in [5.41, 5.74) is -0.618. The number of nitro groups is 1. The van der Waals surface area contributed by atoms with Crippen molar-refractivity contribution < 1.29 is 31.8 Å². The Morgan fingerprint density at radius 3 is 2.53 bits per heavy atom. The van der Waals surface area contributed by atoms with Gasteiger partial charge in [0.2, 0.25) is 0 Å². The number of nitrogens with zero attached hydrogens (tertiary/aromatic N) is 1. The summed E-state index contributed by atoms with van der Waals surface area (Å²) in [6, 6.07) is 2.80. The number of aliphatic hydroxyl groups excluding tert-OH is 2. The Kier molecular flexibility index (Phi) is 5.10. The summed E-state index contributed by atoms with van der Waals surface area (Å²) < 4.78 is 33.5. The van der Waals surface area contributed by atoms with E-state index in [4.69, 9.17) is 23.1 Å². The second-order valence-electron chi connectivity index (χ2n) is 3.60. The van der Waals surface area contributed by atoms with Gasteiger partial charge in [0.05, 0.1) is 0 Å². The first kappa shape index (κ1) is 15.7. The number of nitro benzene ring substituents is 1. The molecule has 0 aliphatic rings. The summed E-state index contributed by atoms with van der Waals surface area (Å²) in [5.74, 6) is -0.245. The number of benzene rings is 1. The van der Waals surface area contributed by atoms with Crippen molar-refractivity contribution in [2.45, 2.75) is 6.10 Å². The summed E-state index contributed by atoms with van der Waals surface area (Å²) in [6.45, 7) is -0.949. The van der Waals surface area contributed by atoms with E-state index in [1.807, 2.05) is 0 Å². The van der Waals surface area contributed by atoms with Gasteiger partial charge in [-0.15, -0.1) is 0 Å². The van der Waals surface area contributed by atoms with E-state index in [1.165, 1.54) is 0 Å². The van der Waals surface area contributed by atoms with Crippen LogP contribution in [0, 0.1) is 10.1 Å². The Hall–Kier alpha value is -1.38. The van der Waals surface area contributed by atoms with E-state index in [-0.39, 0.29) is 12.4 Å². The third-order valence-corrected chi connectivity index (χ3v) is 4.11. The number of hydrogen-bond acceptors (Lipinski definition) is 6. The summed E-state index contributed by atoms with van der Waals surface area (Å²) in [4.78, 5) is 9.93. The third-order valence-electron chi connectivity index (χ3n) is 2.12. The van der Waals surface area contributed by atoms with Gasteiger partial charge in [-0.2, -0.15) is 0 Å². The van der Waals surface area contributed by atoms with Crippen molar-refractivity contribution >= 4 is 24.2 Å². The number of aliphatic hydroxyl groups is 2. The fourth-order valence-corrected chi connectivity index (χ4v) is 2.36. The van der Waals surface area contributed by atoms with Gasteiger partial charge >= 0.3 is 109 Å². The average molecular weight is 337 g/mol. The number of hydrogen-bond donors (Lipinski definition) is 4. The Morgan fingerprint density at radius 1 is 1.42 bits per heavy atom. The minimum absolute atomic E-state index is 0.245. The molecule has 1 rings (SSSR count). The molecule has 1 unspecified atom stereocenters. The van der Waals surface area contributed by atoms with E-state index in [2.05, 4.69) is 0 Å². The van der Waals surface area contributed by atoms with E-state index in [9.17, 15) is 13.9 Å². The molecule has 1 aromatic carbocycles. The van der Waals surface area contributed by atoms with Gasteiger partial charge in [0.1, 0.15) is 0 Å². The quantitative estimate of drug-likeness (QED) is 0.262. The van der Waals surface area contributed by atoms with E-state index >= 15 is 0 Å². The molecule has 0 fully saturated rings. The van der Waals surface area contributed by atoms with Crippen LogP contribution in [0.4, 0.5) is 5.69 Å². The SMILES string of the molecule is O=[N+]([O-])c1cc([As](=O)(O)O)ccc1OCC(O)CO. The molecule has 4 N–H and O–H groups in total. The number of rotatable bonds is 6. The summed E-state index contributed by atoms with van der Waals surface area (Å²) >= 11 is -5.23. The second kappa shape index (κ2) is 6.18. The fourth-order valence-electron chi connectivity index (χ4n) is 1.19. The van der Waals surface area contributed by atoms with Crippen LogP contribution in [0.5, 0.6) is 5.75 Å². The summed E-state index contributed by atoms with van der Waals surface area (Å²) in [5, 5.41) is 28.4. The Morgan fingerprint density at radius 2 is 2.05 bits per heavy atom. The van der Waals surface area contributed by atoms with Crippen LogP contribution in [0.15, 0.2) is 18.2 Å². The maximum atomic E-state index is 11.1. The summed E-state index contributed by atoms with van der Waals surface area (Å²) in [6.07, 6.45) is -1.20. The van der Waals surface area contributed by atoms with Crippen LogP contribution in [0.1, 0.15) is 0 Å². The molecule has 10 heteroatoms. The molecule has 0 saturated carbocycles. The van der Waals surface area contributed by atoms with E-state index in [0.29, 0.717) is 0 Å². The molecule has 1 atom stereocenters. The van der Waals surface area contributed by atoms with Gasteiger partial charge in [0.25, 0.3) is 0 Å². The van der Waals surface area contributed by atoms with Gasteiger partial charge in [0, 0.05) is 0 Å². The topological polar surface area (TPSA) is 150 Å². The van der Waals surface area contributed by atoms with E-state index < -0.39 is 41.8 Å². The standard InChI is InChI=1S/C9H12AsNO8/c12-4-7(13)5-19-9-2-1-6(10(14,15)16)3-8(9)11(17)18/h1-3,7,12-13H,4-5H2,(H2,14,15,16). The van der Waals surface area contributed by atoms with Crippen molar-refractivity contribution in [3.8, 4) is 5.75 Å². The van der Waals surface area contributed by atoms with Crippen LogP contribution in [0.2, 0.25) is 0 Å². The van der Waals surface area contributed by atoms with Crippen molar-refractivity contribution in [2.24, 2.45) is 0 Å². The van der Waals surface area contributed by atoms with Crippen LogP contribution in [0.3, 0.4) is 0 Å². The van der Waals surface area contributed by atoms with Crippen LogP contribution >= 0.6 is 0 Å². The molecule has 0 bridgehead atoms. The van der Waals surface area contributed by atoms with Gasteiger partial charge in [-0.1, -0.05) is 0 Å². The maximum absolute atomic E-state index is 11.1. The van der Waals surface area contributed by atoms with Crippen molar-refractivity contribution in [3.05, 3.63) is 28.3 Å². The van der Waals surface area contributed by atoms with Gasteiger partial charge < -0.3 is 0 Å². The molecule has 9 nitrogen and oxygen atoms in total. The molecule has 106 valence electrons. The van der Waals surface area contributed by atoms with Crippen molar-refractivity contribution in [2.75, 3.05) is 13.2 Å². The van der Waals surface area contributed by atoms with Gasteiger partial charge in [0.15, 0.2) is 0 Å². The molecule has 0 aromatic heterocycles. The molecular weight excluding hydrogens is 325 g/mol. The molecule has 0 radical (unpaired) electrons. The molecule has 0 aliphatic carbocycles. The zero-order chi connectivity index (χ0) is 14.6. The Bertz CT molecular complexity index is 513. The van der Waals surface area contributed by atoms with Crippen LogP contribution in [-0.2, 0) is 3.74 Å². The molecule has 0 saturated heterocycles. The Balaban J connectivity index is 3.06. The van der Waals surface area contributed by atoms with Crippen LogP contribution in [0.25, 0.3) is 0 Å². The van der Waals surface area contributed by atoms with Crippen LogP contribution < -0.4 is 9.09 Å². The van der Waals surface area contributed by atoms with Crippen LogP contribution in [-0.4, -0.2) is 56.8 Å². The first-order valence-electron chi connectivity index (χ1n) is 5.02. The molecule has 0 heterocycles. The molecular formula is C9H12AsNO8. The average Bonchev–Trinajstić information content (AvgIpc) is 2.34. The Labute approximate surface area is 110 Å². The molecule has 0 aliphatic heterocycles. The van der Waals surface area contributed by atoms with E-state index in [1.54, 1.807) is 0 Å². The first-order chi connectivity index (χ1) is 8.75. The van der Waals surface area contributed by atoms with Gasteiger partial charge in [-0.05, 0) is 0 Å². The normalized spacial score (nSPS) is 13.1. The number of ether oxygens (including phenoxy) is 1. The monoisotopic (exact) mass is 337 g/mol. The fraction of sp³-hybridized carbons (Fsp3) is 0.333. The predicted octanol–water partition coefficient (Wildman–Crippen LogP) is -2.11. The second-order valence-corrected chi connectivity index (χ2v) is 6.97. The predicted molar refractivity (Wildman–Crippen MR) is 62.2 cm³/mol. The molecule has 1 aromatic rings. The third kappa shape index (κ3) is 4.34. The first-order valence-corrected chi connectivity index (χ1v) is 8.40.